The topological polar surface area (TPSA) is 56.6 Å². The number of benzene rings is 2. The Bertz CT molecular complexity index is 979. The molecule has 0 aromatic heterocycles. The lowest BCUT2D eigenvalue weighted by Gasteiger charge is -2.38. The van der Waals surface area contributed by atoms with Gasteiger partial charge < -0.3 is 14.5 Å². The summed E-state index contributed by atoms with van der Waals surface area (Å²) in [4.78, 5) is 17.3. The molecule has 0 N–H and O–H groups in total. The summed E-state index contributed by atoms with van der Waals surface area (Å²) < 4.78 is 20.7. The van der Waals surface area contributed by atoms with Crippen LogP contribution in [0.15, 0.2) is 48.5 Å². The van der Waals surface area contributed by atoms with E-state index in [0.29, 0.717) is 37.2 Å². The van der Waals surface area contributed by atoms with Gasteiger partial charge in [0.2, 0.25) is 0 Å². The normalized spacial score (nSPS) is 25.3. The lowest BCUT2D eigenvalue weighted by Crippen LogP contribution is -2.50. The fourth-order valence-corrected chi connectivity index (χ4v) is 4.99. The van der Waals surface area contributed by atoms with Gasteiger partial charge in [-0.15, -0.1) is 0 Å². The van der Waals surface area contributed by atoms with E-state index in [1.165, 1.54) is 6.07 Å². The Morgan fingerprint density at radius 2 is 1.86 bits per heavy atom. The highest BCUT2D eigenvalue weighted by molar-refractivity contribution is 5.88. The Morgan fingerprint density at radius 1 is 1.10 bits per heavy atom. The summed E-state index contributed by atoms with van der Waals surface area (Å²) in [6, 6.07) is 16.7. The maximum absolute atomic E-state index is 14.4. The first-order chi connectivity index (χ1) is 14.1. The van der Waals surface area contributed by atoms with Crippen molar-refractivity contribution in [2.24, 2.45) is 0 Å². The van der Waals surface area contributed by atoms with Gasteiger partial charge in [0.1, 0.15) is 12.0 Å². The number of halogens is 1. The summed E-state index contributed by atoms with van der Waals surface area (Å²) in [5.41, 5.74) is 1.15. The number of anilines is 1. The molecule has 2 aromatic rings. The van der Waals surface area contributed by atoms with Gasteiger partial charge in [0.25, 0.3) is 5.91 Å². The zero-order chi connectivity index (χ0) is 20.0. The lowest BCUT2D eigenvalue weighted by molar-refractivity contribution is -0.140. The molecule has 6 heteroatoms. The Kier molecular flexibility index (Phi) is 4.29. The van der Waals surface area contributed by atoms with Gasteiger partial charge in [-0.2, -0.15) is 5.26 Å². The van der Waals surface area contributed by atoms with Crippen molar-refractivity contribution in [3.05, 3.63) is 65.5 Å². The van der Waals surface area contributed by atoms with Crippen molar-refractivity contribution in [1.29, 1.82) is 5.26 Å². The van der Waals surface area contributed by atoms with E-state index in [9.17, 15) is 9.18 Å². The molecule has 1 amide bonds. The number of carbonyl (C=O) groups is 1. The molecule has 0 saturated carbocycles. The molecule has 2 aromatic carbocycles. The van der Waals surface area contributed by atoms with Gasteiger partial charge >= 0.3 is 0 Å². The van der Waals surface area contributed by atoms with Crippen LogP contribution in [-0.2, 0) is 9.53 Å². The van der Waals surface area contributed by atoms with Gasteiger partial charge in [0, 0.05) is 25.9 Å². The summed E-state index contributed by atoms with van der Waals surface area (Å²) >= 11 is 0. The van der Waals surface area contributed by atoms with Crippen LogP contribution >= 0.6 is 0 Å². The molecule has 3 saturated heterocycles. The van der Waals surface area contributed by atoms with Gasteiger partial charge in [-0.25, -0.2) is 4.39 Å². The molecule has 3 aliphatic heterocycles. The van der Waals surface area contributed by atoms with Crippen LogP contribution in [0.5, 0.6) is 0 Å². The van der Waals surface area contributed by atoms with Crippen LogP contribution in [0.25, 0.3) is 0 Å². The molecule has 1 spiro atoms. The Morgan fingerprint density at radius 3 is 2.55 bits per heavy atom. The van der Waals surface area contributed by atoms with Gasteiger partial charge in [-0.05, 0) is 36.6 Å². The van der Waals surface area contributed by atoms with Crippen molar-refractivity contribution >= 4 is 11.6 Å². The van der Waals surface area contributed by atoms with Gasteiger partial charge in [0.15, 0.2) is 5.60 Å². The molecule has 3 heterocycles. The highest BCUT2D eigenvalue weighted by Crippen LogP contribution is 2.47. The maximum Gasteiger partial charge on any atom is 0.257 e. The third-order valence-corrected chi connectivity index (χ3v) is 6.49. The maximum atomic E-state index is 14.4. The van der Waals surface area contributed by atoms with Crippen molar-refractivity contribution in [2.45, 2.75) is 43.6 Å². The summed E-state index contributed by atoms with van der Waals surface area (Å²) in [7, 11) is 0. The Balaban J connectivity index is 1.33. The summed E-state index contributed by atoms with van der Waals surface area (Å²) in [6.07, 6.45) is 2.69. The molecular weight excluding hydrogens is 369 g/mol. The molecule has 0 aliphatic carbocycles. The van der Waals surface area contributed by atoms with Crippen LogP contribution in [0.4, 0.5) is 10.1 Å². The van der Waals surface area contributed by atoms with Crippen LogP contribution in [0, 0.1) is 17.1 Å². The average molecular weight is 391 g/mol. The third-order valence-electron chi connectivity index (χ3n) is 6.49. The number of amides is 1. The van der Waals surface area contributed by atoms with E-state index in [-0.39, 0.29) is 18.2 Å². The smallest absolute Gasteiger partial charge is 0.257 e. The number of rotatable bonds is 2. The molecule has 3 aliphatic rings. The van der Waals surface area contributed by atoms with Crippen LogP contribution in [0.2, 0.25) is 0 Å². The monoisotopic (exact) mass is 391 g/mol. The molecule has 0 bridgehead atoms. The van der Waals surface area contributed by atoms with E-state index < -0.39 is 11.4 Å². The third kappa shape index (κ3) is 2.89. The van der Waals surface area contributed by atoms with Crippen LogP contribution < -0.4 is 4.90 Å². The zero-order valence-corrected chi connectivity index (χ0v) is 16.1. The second-order valence-electron chi connectivity index (χ2n) is 8.05. The molecule has 0 radical (unpaired) electrons. The first-order valence-corrected chi connectivity index (χ1v) is 10.1. The molecule has 148 valence electrons. The van der Waals surface area contributed by atoms with E-state index in [0.717, 1.165) is 18.4 Å². The SMILES string of the molecule is N#Cc1ccc(N2CCC3(CC2)OC2CCC(c4ccccc4)N2C3=O)c(F)c1. The van der Waals surface area contributed by atoms with E-state index in [2.05, 4.69) is 12.1 Å². The second kappa shape index (κ2) is 6.85. The van der Waals surface area contributed by atoms with E-state index in [1.807, 2.05) is 34.1 Å². The summed E-state index contributed by atoms with van der Waals surface area (Å²) in [5.74, 6) is -0.322. The number of carbonyl (C=O) groups excluding carboxylic acids is 1. The van der Waals surface area contributed by atoms with Crippen LogP contribution in [-0.4, -0.2) is 35.7 Å². The quantitative estimate of drug-likeness (QED) is 0.782. The Labute approximate surface area is 169 Å². The minimum absolute atomic E-state index is 0.0714. The largest absolute Gasteiger partial charge is 0.369 e. The zero-order valence-electron chi connectivity index (χ0n) is 16.1. The molecule has 29 heavy (non-hydrogen) atoms. The highest BCUT2D eigenvalue weighted by atomic mass is 19.1. The second-order valence-corrected chi connectivity index (χ2v) is 8.05. The number of nitriles is 1. The van der Waals surface area contributed by atoms with E-state index in [4.69, 9.17) is 10.00 Å². The van der Waals surface area contributed by atoms with Crippen molar-refractivity contribution < 1.29 is 13.9 Å². The molecular formula is C23H22FN3O2. The van der Waals surface area contributed by atoms with Gasteiger partial charge in [-0.3, -0.25) is 4.79 Å². The predicted octanol–water partition coefficient (Wildman–Crippen LogP) is 3.76. The number of hydrogen-bond acceptors (Lipinski definition) is 4. The number of hydrogen-bond donors (Lipinski definition) is 0. The number of piperidine rings is 1. The van der Waals surface area contributed by atoms with Gasteiger partial charge in [-0.1, -0.05) is 30.3 Å². The summed E-state index contributed by atoms with van der Waals surface area (Å²) in [5, 5.41) is 8.93. The number of ether oxygens (including phenoxy) is 1. The van der Waals surface area contributed by atoms with Crippen molar-refractivity contribution in [1.82, 2.24) is 4.90 Å². The Hall–Kier alpha value is -2.91. The van der Waals surface area contributed by atoms with Gasteiger partial charge in [0.05, 0.1) is 23.4 Å². The standard InChI is InChI=1S/C23H22FN3O2/c24-18-14-16(15-25)6-7-20(18)26-12-10-23(11-13-26)22(28)27-19(8-9-21(27)29-23)17-4-2-1-3-5-17/h1-7,14,19,21H,8-13H2. The first kappa shape index (κ1) is 18.1. The minimum atomic E-state index is -0.794. The van der Waals surface area contributed by atoms with Crippen LogP contribution in [0.3, 0.4) is 0 Å². The molecule has 5 rings (SSSR count). The minimum Gasteiger partial charge on any atom is -0.369 e. The molecule has 2 atom stereocenters. The van der Waals surface area contributed by atoms with Crippen molar-refractivity contribution in [3.63, 3.8) is 0 Å². The summed E-state index contributed by atoms with van der Waals surface area (Å²) in [6.45, 7) is 1.09. The predicted molar refractivity (Wildman–Crippen MR) is 105 cm³/mol. The van der Waals surface area contributed by atoms with E-state index in [1.54, 1.807) is 12.1 Å². The highest BCUT2D eigenvalue weighted by Gasteiger charge is 2.57. The van der Waals surface area contributed by atoms with E-state index >= 15 is 0 Å². The lowest BCUT2D eigenvalue weighted by atomic mass is 9.89. The van der Waals surface area contributed by atoms with Crippen molar-refractivity contribution in [2.75, 3.05) is 18.0 Å². The number of fused-ring (bicyclic) bond motifs is 1. The molecule has 2 unspecified atom stereocenters. The molecule has 3 fully saturated rings. The average Bonchev–Trinajstić information content (AvgIpc) is 3.28. The number of nitrogens with zero attached hydrogens (tertiary/aromatic N) is 3. The van der Waals surface area contributed by atoms with Crippen molar-refractivity contribution in [3.8, 4) is 6.07 Å². The fourth-order valence-electron chi connectivity index (χ4n) is 4.99. The molecule has 5 nitrogen and oxygen atoms in total. The fraction of sp³-hybridized carbons (Fsp3) is 0.391. The van der Waals surface area contributed by atoms with Crippen LogP contribution in [0.1, 0.15) is 42.9 Å². The first-order valence-electron chi connectivity index (χ1n) is 10.1.